The Morgan fingerprint density at radius 2 is 1.86 bits per heavy atom. The highest BCUT2D eigenvalue weighted by Gasteiger charge is 2.04. The highest BCUT2D eigenvalue weighted by molar-refractivity contribution is 5.36. The van der Waals surface area contributed by atoms with Gasteiger partial charge in [-0.2, -0.15) is 0 Å². The molecular weight excluding hydrogens is 258 g/mol. The molecule has 0 saturated heterocycles. The number of hydrogen-bond acceptors (Lipinski definition) is 2. The Hall–Kier alpha value is -1.80. The molecule has 0 saturated carbocycles. The average molecular weight is 283 g/mol. The van der Waals surface area contributed by atoms with E-state index in [0.29, 0.717) is 0 Å². The van der Waals surface area contributed by atoms with Crippen molar-refractivity contribution in [1.82, 2.24) is 5.32 Å². The van der Waals surface area contributed by atoms with Crippen LogP contribution in [0.25, 0.3) is 0 Å². The van der Waals surface area contributed by atoms with Crippen LogP contribution in [0.5, 0.6) is 5.75 Å². The third-order valence-corrected chi connectivity index (χ3v) is 3.49. The molecule has 0 radical (unpaired) electrons. The van der Waals surface area contributed by atoms with E-state index in [1.807, 2.05) is 0 Å². The quantitative estimate of drug-likeness (QED) is 0.736. The van der Waals surface area contributed by atoms with Crippen LogP contribution >= 0.6 is 0 Å². The first-order valence-corrected chi connectivity index (χ1v) is 7.76. The second-order valence-electron chi connectivity index (χ2n) is 5.33. The fraction of sp³-hybridized carbons (Fsp3) is 0.368. The smallest absolute Gasteiger partial charge is 0.123 e. The maximum Gasteiger partial charge on any atom is 0.123 e. The van der Waals surface area contributed by atoms with Crippen LogP contribution in [0, 0.1) is 6.92 Å². The minimum Gasteiger partial charge on any atom is -0.493 e. The average Bonchev–Trinajstić information content (AvgIpc) is 2.52. The van der Waals surface area contributed by atoms with Crippen LogP contribution in [0.1, 0.15) is 30.0 Å². The van der Waals surface area contributed by atoms with E-state index < -0.39 is 0 Å². The van der Waals surface area contributed by atoms with Gasteiger partial charge in [0.05, 0.1) is 6.61 Å². The summed E-state index contributed by atoms with van der Waals surface area (Å²) in [6.07, 6.45) is 2.10. The lowest BCUT2D eigenvalue weighted by molar-refractivity contribution is 0.307. The Labute approximate surface area is 128 Å². The van der Waals surface area contributed by atoms with E-state index in [1.165, 1.54) is 16.7 Å². The molecule has 2 nitrogen and oxygen atoms in total. The Bertz CT molecular complexity index is 537. The van der Waals surface area contributed by atoms with Gasteiger partial charge in [0, 0.05) is 12.1 Å². The lowest BCUT2D eigenvalue weighted by atomic mass is 10.1. The van der Waals surface area contributed by atoms with E-state index in [4.69, 9.17) is 4.74 Å². The minimum atomic E-state index is 0.761. The van der Waals surface area contributed by atoms with E-state index in [0.717, 1.165) is 38.3 Å². The van der Waals surface area contributed by atoms with E-state index in [1.54, 1.807) is 0 Å². The predicted octanol–water partition coefficient (Wildman–Crippen LogP) is 4.12. The van der Waals surface area contributed by atoms with E-state index in [2.05, 4.69) is 67.7 Å². The van der Waals surface area contributed by atoms with E-state index in [9.17, 15) is 0 Å². The summed E-state index contributed by atoms with van der Waals surface area (Å²) in [5.74, 6) is 1.01. The van der Waals surface area contributed by atoms with Crippen LogP contribution in [-0.4, -0.2) is 13.2 Å². The summed E-state index contributed by atoms with van der Waals surface area (Å²) in [6, 6.07) is 17.0. The van der Waals surface area contributed by atoms with Crippen molar-refractivity contribution in [2.24, 2.45) is 0 Å². The van der Waals surface area contributed by atoms with Crippen LogP contribution in [0.2, 0.25) is 0 Å². The number of nitrogens with one attached hydrogen (secondary N) is 1. The van der Waals surface area contributed by atoms with Gasteiger partial charge in [-0.05, 0) is 37.9 Å². The molecule has 0 aromatic heterocycles. The second-order valence-corrected chi connectivity index (χ2v) is 5.33. The van der Waals surface area contributed by atoms with Gasteiger partial charge in [0.1, 0.15) is 5.75 Å². The lowest BCUT2D eigenvalue weighted by Crippen LogP contribution is -2.13. The van der Waals surface area contributed by atoms with E-state index >= 15 is 0 Å². The van der Waals surface area contributed by atoms with Gasteiger partial charge in [-0.3, -0.25) is 0 Å². The summed E-state index contributed by atoms with van der Waals surface area (Å²) >= 11 is 0. The van der Waals surface area contributed by atoms with Gasteiger partial charge in [0.25, 0.3) is 0 Å². The summed E-state index contributed by atoms with van der Waals surface area (Å²) in [7, 11) is 0. The number of aryl methyl sites for hydroxylation is 2. The molecule has 2 aromatic rings. The number of hydrogen-bond donors (Lipinski definition) is 1. The van der Waals surface area contributed by atoms with Gasteiger partial charge >= 0.3 is 0 Å². The Balaban J connectivity index is 1.84. The SMILES string of the molecule is CCNCc1cc(C)ccc1OCCCc1ccccc1. The fourth-order valence-electron chi connectivity index (χ4n) is 2.35. The Morgan fingerprint density at radius 3 is 2.62 bits per heavy atom. The maximum absolute atomic E-state index is 5.97. The molecule has 2 heteroatoms. The summed E-state index contributed by atoms with van der Waals surface area (Å²) < 4.78 is 5.97. The van der Waals surface area contributed by atoms with Crippen LogP contribution < -0.4 is 10.1 Å². The van der Waals surface area contributed by atoms with Crippen LogP contribution in [0.3, 0.4) is 0 Å². The molecule has 0 amide bonds. The van der Waals surface area contributed by atoms with Gasteiger partial charge in [-0.1, -0.05) is 55.0 Å². The molecule has 21 heavy (non-hydrogen) atoms. The zero-order chi connectivity index (χ0) is 14.9. The van der Waals surface area contributed by atoms with Crippen molar-refractivity contribution in [3.8, 4) is 5.75 Å². The Kier molecular flexibility index (Phi) is 6.29. The largest absolute Gasteiger partial charge is 0.493 e. The van der Waals surface area contributed by atoms with Gasteiger partial charge < -0.3 is 10.1 Å². The molecular formula is C19H25NO. The van der Waals surface area contributed by atoms with Crippen LogP contribution in [0.15, 0.2) is 48.5 Å². The van der Waals surface area contributed by atoms with Gasteiger partial charge in [-0.25, -0.2) is 0 Å². The third kappa shape index (κ3) is 5.24. The summed E-state index contributed by atoms with van der Waals surface area (Å²) in [6.45, 7) is 6.84. The molecule has 0 aliphatic heterocycles. The molecule has 0 fully saturated rings. The zero-order valence-corrected chi connectivity index (χ0v) is 13.1. The van der Waals surface area contributed by atoms with Gasteiger partial charge in [0.2, 0.25) is 0 Å². The van der Waals surface area contributed by atoms with Gasteiger partial charge in [-0.15, -0.1) is 0 Å². The Morgan fingerprint density at radius 1 is 1.05 bits per heavy atom. The first kappa shape index (κ1) is 15.6. The molecule has 0 heterocycles. The minimum absolute atomic E-state index is 0.761. The van der Waals surface area contributed by atoms with Crippen molar-refractivity contribution in [3.63, 3.8) is 0 Å². The number of benzene rings is 2. The molecule has 2 rings (SSSR count). The molecule has 2 aromatic carbocycles. The summed E-state index contributed by atoms with van der Waals surface area (Å²) in [5.41, 5.74) is 3.90. The maximum atomic E-state index is 5.97. The van der Waals surface area contributed by atoms with Crippen molar-refractivity contribution in [3.05, 3.63) is 65.2 Å². The topological polar surface area (TPSA) is 21.3 Å². The third-order valence-electron chi connectivity index (χ3n) is 3.49. The molecule has 0 bridgehead atoms. The summed E-state index contributed by atoms with van der Waals surface area (Å²) in [4.78, 5) is 0. The number of ether oxygens (including phenoxy) is 1. The highest BCUT2D eigenvalue weighted by atomic mass is 16.5. The fourth-order valence-corrected chi connectivity index (χ4v) is 2.35. The van der Waals surface area contributed by atoms with Gasteiger partial charge in [0.15, 0.2) is 0 Å². The van der Waals surface area contributed by atoms with Crippen molar-refractivity contribution in [1.29, 1.82) is 0 Å². The van der Waals surface area contributed by atoms with Crippen molar-refractivity contribution >= 4 is 0 Å². The number of rotatable bonds is 8. The van der Waals surface area contributed by atoms with Crippen LogP contribution in [-0.2, 0) is 13.0 Å². The molecule has 0 aliphatic carbocycles. The molecule has 1 N–H and O–H groups in total. The van der Waals surface area contributed by atoms with Crippen molar-refractivity contribution < 1.29 is 4.74 Å². The lowest BCUT2D eigenvalue weighted by Gasteiger charge is -2.13. The first-order chi connectivity index (χ1) is 10.3. The molecule has 112 valence electrons. The second kappa shape index (κ2) is 8.48. The first-order valence-electron chi connectivity index (χ1n) is 7.76. The van der Waals surface area contributed by atoms with E-state index in [-0.39, 0.29) is 0 Å². The van der Waals surface area contributed by atoms with Crippen LogP contribution in [0.4, 0.5) is 0 Å². The van der Waals surface area contributed by atoms with Crippen molar-refractivity contribution in [2.75, 3.05) is 13.2 Å². The van der Waals surface area contributed by atoms with Crippen molar-refractivity contribution in [2.45, 2.75) is 33.2 Å². The predicted molar refractivity (Wildman–Crippen MR) is 88.8 cm³/mol. The monoisotopic (exact) mass is 283 g/mol. The molecule has 0 atom stereocenters. The highest BCUT2D eigenvalue weighted by Crippen LogP contribution is 2.20. The molecule has 0 aliphatic rings. The normalized spacial score (nSPS) is 10.6. The zero-order valence-electron chi connectivity index (χ0n) is 13.1. The molecule has 0 unspecified atom stereocenters. The summed E-state index contributed by atoms with van der Waals surface area (Å²) in [5, 5.41) is 3.37. The standard InChI is InChI=1S/C19H25NO/c1-3-20-15-18-14-16(2)11-12-19(18)21-13-7-10-17-8-5-4-6-9-17/h4-6,8-9,11-12,14,20H,3,7,10,13,15H2,1-2H3. The molecule has 0 spiro atoms.